The highest BCUT2D eigenvalue weighted by Gasteiger charge is 2.30. The molecule has 1 aromatic heterocycles. The number of aromatic nitrogens is 1. The lowest BCUT2D eigenvalue weighted by Gasteiger charge is -2.27. The molecule has 3 rings (SSSR count). The smallest absolute Gasteiger partial charge is 0.128 e. The molecule has 0 N–H and O–H groups in total. The Hall–Kier alpha value is -1.13. The molecule has 128 valence electrons. The lowest BCUT2D eigenvalue weighted by molar-refractivity contribution is 0.0477. The summed E-state index contributed by atoms with van der Waals surface area (Å²) in [6, 6.07) is 4.87. The molecule has 3 heterocycles. The fourth-order valence-corrected chi connectivity index (χ4v) is 3.82. The Labute approximate surface area is 140 Å². The van der Waals surface area contributed by atoms with E-state index < -0.39 is 0 Å². The molecular formula is C19H31N3O. The Morgan fingerprint density at radius 3 is 2.65 bits per heavy atom. The monoisotopic (exact) mass is 317 g/mol. The third-order valence-corrected chi connectivity index (χ3v) is 5.59. The second-order valence-corrected chi connectivity index (χ2v) is 7.46. The lowest BCUT2D eigenvalue weighted by Crippen LogP contribution is -2.27. The molecule has 0 spiro atoms. The Kier molecular flexibility index (Phi) is 5.54. The zero-order chi connectivity index (χ0) is 16.2. The van der Waals surface area contributed by atoms with Gasteiger partial charge in [-0.1, -0.05) is 6.07 Å². The van der Waals surface area contributed by atoms with Crippen LogP contribution in [0.4, 0.5) is 5.82 Å². The van der Waals surface area contributed by atoms with Gasteiger partial charge in [0.15, 0.2) is 0 Å². The molecule has 2 aliphatic heterocycles. The highest BCUT2D eigenvalue weighted by Crippen LogP contribution is 2.31. The Morgan fingerprint density at radius 1 is 1.22 bits per heavy atom. The molecule has 2 saturated heterocycles. The molecule has 23 heavy (non-hydrogen) atoms. The van der Waals surface area contributed by atoms with Gasteiger partial charge in [0.1, 0.15) is 5.82 Å². The van der Waals surface area contributed by atoms with Crippen LogP contribution in [0, 0.1) is 11.8 Å². The van der Waals surface area contributed by atoms with Crippen molar-refractivity contribution in [2.24, 2.45) is 11.8 Å². The topological polar surface area (TPSA) is 28.6 Å². The largest absolute Gasteiger partial charge is 0.381 e. The van der Waals surface area contributed by atoms with Gasteiger partial charge >= 0.3 is 0 Å². The number of hydrogen-bond donors (Lipinski definition) is 0. The third-order valence-electron chi connectivity index (χ3n) is 5.59. The Bertz CT molecular complexity index is 482. The van der Waals surface area contributed by atoms with E-state index in [0.29, 0.717) is 6.04 Å². The molecule has 0 bridgehead atoms. The van der Waals surface area contributed by atoms with Crippen molar-refractivity contribution in [1.82, 2.24) is 9.88 Å². The summed E-state index contributed by atoms with van der Waals surface area (Å²) < 4.78 is 5.50. The van der Waals surface area contributed by atoms with E-state index in [2.05, 4.69) is 54.0 Å². The minimum Gasteiger partial charge on any atom is -0.381 e. The molecular weight excluding hydrogens is 286 g/mol. The summed E-state index contributed by atoms with van der Waals surface area (Å²) in [4.78, 5) is 9.44. The summed E-state index contributed by atoms with van der Waals surface area (Å²) in [5.41, 5.74) is 1.33. The standard InChI is InChI=1S/C19H31N3O/c1-15(2)21(3)19-5-4-16(12-20-19)13-22-9-6-18(14-22)17-7-10-23-11-8-17/h4-5,12,15,17-18H,6-11,13-14H2,1-3H3/t18-/m1/s1. The molecule has 2 aliphatic rings. The molecule has 0 aromatic carbocycles. The van der Waals surface area contributed by atoms with Crippen molar-refractivity contribution in [2.45, 2.75) is 45.7 Å². The fourth-order valence-electron chi connectivity index (χ4n) is 3.82. The van der Waals surface area contributed by atoms with Crippen LogP contribution >= 0.6 is 0 Å². The average Bonchev–Trinajstić information content (AvgIpc) is 3.04. The van der Waals surface area contributed by atoms with Gasteiger partial charge in [-0.05, 0) is 63.1 Å². The molecule has 0 amide bonds. The molecule has 4 nitrogen and oxygen atoms in total. The summed E-state index contributed by atoms with van der Waals surface area (Å²) in [7, 11) is 2.10. The minimum absolute atomic E-state index is 0.479. The van der Waals surface area contributed by atoms with E-state index in [-0.39, 0.29) is 0 Å². The normalized spacial score (nSPS) is 23.6. The molecule has 0 radical (unpaired) electrons. The summed E-state index contributed by atoms with van der Waals surface area (Å²) in [6.45, 7) is 9.84. The predicted molar refractivity (Wildman–Crippen MR) is 94.7 cm³/mol. The second-order valence-electron chi connectivity index (χ2n) is 7.46. The third kappa shape index (κ3) is 4.24. The number of pyridine rings is 1. The quantitative estimate of drug-likeness (QED) is 0.834. The summed E-state index contributed by atoms with van der Waals surface area (Å²) in [5, 5.41) is 0. The van der Waals surface area contributed by atoms with Gasteiger partial charge in [0.25, 0.3) is 0 Å². The van der Waals surface area contributed by atoms with Gasteiger partial charge < -0.3 is 9.64 Å². The molecule has 0 aliphatic carbocycles. The van der Waals surface area contributed by atoms with Gasteiger partial charge in [-0.25, -0.2) is 4.98 Å². The van der Waals surface area contributed by atoms with Crippen LogP contribution in [0.25, 0.3) is 0 Å². The zero-order valence-corrected chi connectivity index (χ0v) is 14.9. The maximum absolute atomic E-state index is 5.50. The van der Waals surface area contributed by atoms with Crippen molar-refractivity contribution in [2.75, 3.05) is 38.3 Å². The maximum atomic E-state index is 5.50. The van der Waals surface area contributed by atoms with E-state index in [0.717, 1.165) is 37.4 Å². The summed E-state index contributed by atoms with van der Waals surface area (Å²) in [6.07, 6.45) is 5.93. The maximum Gasteiger partial charge on any atom is 0.128 e. The van der Waals surface area contributed by atoms with E-state index in [9.17, 15) is 0 Å². The first-order valence-electron chi connectivity index (χ1n) is 9.11. The first kappa shape index (κ1) is 16.7. The van der Waals surface area contributed by atoms with E-state index in [1.807, 2.05) is 0 Å². The van der Waals surface area contributed by atoms with E-state index in [4.69, 9.17) is 4.74 Å². The summed E-state index contributed by atoms with van der Waals surface area (Å²) in [5.74, 6) is 2.82. The van der Waals surface area contributed by atoms with Crippen molar-refractivity contribution in [3.05, 3.63) is 23.9 Å². The van der Waals surface area contributed by atoms with Gasteiger partial charge in [-0.2, -0.15) is 0 Å². The van der Waals surface area contributed by atoms with Crippen LogP contribution in [0.1, 0.15) is 38.7 Å². The van der Waals surface area contributed by atoms with Crippen molar-refractivity contribution in [3.63, 3.8) is 0 Å². The van der Waals surface area contributed by atoms with E-state index >= 15 is 0 Å². The average molecular weight is 317 g/mol. The lowest BCUT2D eigenvalue weighted by atomic mass is 9.85. The number of likely N-dealkylation sites (tertiary alicyclic amines) is 1. The minimum atomic E-state index is 0.479. The highest BCUT2D eigenvalue weighted by molar-refractivity contribution is 5.39. The van der Waals surface area contributed by atoms with Gasteiger partial charge in [-0.3, -0.25) is 4.90 Å². The SMILES string of the molecule is CC(C)N(C)c1ccc(CN2CC[C@@H](C3CCOCC3)C2)cn1. The van der Waals surface area contributed by atoms with Crippen molar-refractivity contribution < 1.29 is 4.74 Å². The predicted octanol–water partition coefficient (Wildman–Crippen LogP) is 3.17. The molecule has 4 heteroatoms. The second kappa shape index (κ2) is 7.63. The number of ether oxygens (including phenoxy) is 1. The number of rotatable bonds is 5. The van der Waals surface area contributed by atoms with Gasteiger partial charge in [-0.15, -0.1) is 0 Å². The van der Waals surface area contributed by atoms with E-state index in [1.165, 1.54) is 37.9 Å². The first-order valence-corrected chi connectivity index (χ1v) is 9.11. The molecule has 1 aromatic rings. The Morgan fingerprint density at radius 2 is 2.00 bits per heavy atom. The van der Waals surface area contributed by atoms with Crippen LogP contribution in [-0.2, 0) is 11.3 Å². The van der Waals surface area contributed by atoms with Crippen LogP contribution in [0.5, 0.6) is 0 Å². The Balaban J connectivity index is 1.52. The zero-order valence-electron chi connectivity index (χ0n) is 14.9. The molecule has 0 saturated carbocycles. The van der Waals surface area contributed by atoms with Gasteiger partial charge in [0.2, 0.25) is 0 Å². The number of nitrogens with zero attached hydrogens (tertiary/aromatic N) is 3. The van der Waals surface area contributed by atoms with Crippen molar-refractivity contribution >= 4 is 5.82 Å². The number of anilines is 1. The summed E-state index contributed by atoms with van der Waals surface area (Å²) >= 11 is 0. The van der Waals surface area contributed by atoms with Crippen molar-refractivity contribution in [3.8, 4) is 0 Å². The van der Waals surface area contributed by atoms with Gasteiger partial charge in [0, 0.05) is 45.6 Å². The van der Waals surface area contributed by atoms with Gasteiger partial charge in [0.05, 0.1) is 0 Å². The van der Waals surface area contributed by atoms with E-state index in [1.54, 1.807) is 0 Å². The van der Waals surface area contributed by atoms with Crippen LogP contribution in [0.15, 0.2) is 18.3 Å². The van der Waals surface area contributed by atoms with Crippen LogP contribution < -0.4 is 4.90 Å². The molecule has 2 fully saturated rings. The van der Waals surface area contributed by atoms with Crippen LogP contribution in [-0.4, -0.2) is 49.3 Å². The first-order chi connectivity index (χ1) is 11.1. The fraction of sp³-hybridized carbons (Fsp3) is 0.737. The molecule has 0 unspecified atom stereocenters. The number of hydrogen-bond acceptors (Lipinski definition) is 4. The van der Waals surface area contributed by atoms with Crippen molar-refractivity contribution in [1.29, 1.82) is 0 Å². The van der Waals surface area contributed by atoms with Crippen LogP contribution in [0.3, 0.4) is 0 Å². The van der Waals surface area contributed by atoms with Crippen LogP contribution in [0.2, 0.25) is 0 Å². The highest BCUT2D eigenvalue weighted by atomic mass is 16.5. The molecule has 1 atom stereocenters.